The zero-order valence-electron chi connectivity index (χ0n) is 21.4. The molecular weight excluding hydrogens is 497 g/mol. The number of carbonyl (C=O) groups excluding carboxylic acids is 3. The minimum absolute atomic E-state index is 0.0474. The monoisotopic (exact) mass is 531 g/mol. The van der Waals surface area contributed by atoms with Gasteiger partial charge in [-0.05, 0) is 45.2 Å². The fraction of sp³-hybridized carbons (Fsp3) is 0.583. The number of phenolic OH excluding ortho intramolecular Hbond substituents is 1. The highest BCUT2D eigenvalue weighted by Gasteiger charge is 2.36. The van der Waals surface area contributed by atoms with Crippen LogP contribution in [0.15, 0.2) is 17.1 Å². The van der Waals surface area contributed by atoms with E-state index < -0.39 is 47.0 Å². The van der Waals surface area contributed by atoms with Crippen molar-refractivity contribution < 1.29 is 29.0 Å². The Morgan fingerprint density at radius 2 is 1.71 bits per heavy atom. The highest BCUT2D eigenvalue weighted by molar-refractivity contribution is 6.36. The Labute approximate surface area is 216 Å². The standard InChI is InChI=1S/C24H35Cl2N3O6/c1-13(35-24(5,6)7)18(21(32)28-12-17(30)34-8)29-22(33)20(23(2,3)4)27-11-14-9-15(25)10-16(26)19(14)31/h9-11,13,18,20,31H,12H2,1-8H3,(H,28,32)(H,29,33)/t13-,18+,20-/m1/s1. The molecule has 0 radical (unpaired) electrons. The minimum atomic E-state index is -1.12. The first-order chi connectivity index (χ1) is 16.0. The van der Waals surface area contributed by atoms with Gasteiger partial charge in [0.15, 0.2) is 0 Å². The van der Waals surface area contributed by atoms with E-state index in [0.717, 1.165) is 0 Å². The van der Waals surface area contributed by atoms with Crippen LogP contribution in [0.5, 0.6) is 5.75 Å². The Morgan fingerprint density at radius 3 is 2.23 bits per heavy atom. The van der Waals surface area contributed by atoms with E-state index in [1.165, 1.54) is 25.5 Å². The third-order valence-electron chi connectivity index (χ3n) is 4.71. The van der Waals surface area contributed by atoms with Crippen molar-refractivity contribution in [2.45, 2.75) is 72.3 Å². The van der Waals surface area contributed by atoms with Gasteiger partial charge < -0.3 is 25.2 Å². The number of hydrogen-bond acceptors (Lipinski definition) is 7. The van der Waals surface area contributed by atoms with Crippen LogP contribution >= 0.6 is 23.2 Å². The van der Waals surface area contributed by atoms with Gasteiger partial charge in [-0.3, -0.25) is 19.4 Å². The minimum Gasteiger partial charge on any atom is -0.506 e. The molecule has 0 heterocycles. The highest BCUT2D eigenvalue weighted by Crippen LogP contribution is 2.31. The molecule has 3 N–H and O–H groups in total. The lowest BCUT2D eigenvalue weighted by molar-refractivity contribution is -0.143. The first-order valence-electron chi connectivity index (χ1n) is 11.0. The molecule has 1 rings (SSSR count). The molecule has 9 nitrogen and oxygen atoms in total. The summed E-state index contributed by atoms with van der Waals surface area (Å²) in [6, 6.07) is 0.766. The summed E-state index contributed by atoms with van der Waals surface area (Å²) in [7, 11) is 1.20. The second-order valence-corrected chi connectivity index (χ2v) is 10.9. The van der Waals surface area contributed by atoms with Crippen LogP contribution in [0.25, 0.3) is 0 Å². The van der Waals surface area contributed by atoms with Gasteiger partial charge in [-0.15, -0.1) is 0 Å². The Morgan fingerprint density at radius 1 is 1.11 bits per heavy atom. The Bertz CT molecular complexity index is 954. The van der Waals surface area contributed by atoms with E-state index in [-0.39, 0.29) is 22.9 Å². The topological polar surface area (TPSA) is 126 Å². The summed E-state index contributed by atoms with van der Waals surface area (Å²) in [5.41, 5.74) is -1.03. The quantitative estimate of drug-likeness (QED) is 0.330. The predicted molar refractivity (Wildman–Crippen MR) is 136 cm³/mol. The molecule has 0 bridgehead atoms. The molecule has 0 aliphatic carbocycles. The predicted octanol–water partition coefficient (Wildman–Crippen LogP) is 3.51. The van der Waals surface area contributed by atoms with Crippen molar-refractivity contribution in [2.75, 3.05) is 13.7 Å². The van der Waals surface area contributed by atoms with Gasteiger partial charge in [0, 0.05) is 16.8 Å². The van der Waals surface area contributed by atoms with Crippen LogP contribution in [0.4, 0.5) is 0 Å². The number of rotatable bonds is 9. The molecule has 0 saturated heterocycles. The zero-order valence-corrected chi connectivity index (χ0v) is 22.9. The number of benzene rings is 1. The van der Waals surface area contributed by atoms with Crippen molar-refractivity contribution in [3.8, 4) is 5.75 Å². The number of phenols is 1. The van der Waals surface area contributed by atoms with Gasteiger partial charge >= 0.3 is 5.97 Å². The van der Waals surface area contributed by atoms with Crippen LogP contribution in [0, 0.1) is 5.41 Å². The molecule has 0 aliphatic heterocycles. The number of aliphatic imine (C=N–C) groups is 1. The van der Waals surface area contributed by atoms with Gasteiger partial charge in [0.2, 0.25) is 11.8 Å². The molecule has 1 aromatic rings. The Kier molecular flexibility index (Phi) is 11.0. The number of aromatic hydroxyl groups is 1. The van der Waals surface area contributed by atoms with Crippen molar-refractivity contribution in [3.63, 3.8) is 0 Å². The van der Waals surface area contributed by atoms with Crippen molar-refractivity contribution in [1.82, 2.24) is 10.6 Å². The molecule has 0 fully saturated rings. The van der Waals surface area contributed by atoms with Crippen LogP contribution < -0.4 is 10.6 Å². The molecule has 0 aliphatic rings. The fourth-order valence-corrected chi connectivity index (χ4v) is 3.63. The lowest BCUT2D eigenvalue weighted by atomic mass is 9.86. The van der Waals surface area contributed by atoms with Crippen LogP contribution in [0.3, 0.4) is 0 Å². The molecule has 35 heavy (non-hydrogen) atoms. The summed E-state index contributed by atoms with van der Waals surface area (Å²) in [6.07, 6.45) is 0.571. The van der Waals surface area contributed by atoms with Gasteiger partial charge in [0.05, 0.1) is 23.8 Å². The summed E-state index contributed by atoms with van der Waals surface area (Å²) in [6.45, 7) is 12.2. The van der Waals surface area contributed by atoms with Crippen molar-refractivity contribution in [2.24, 2.45) is 10.4 Å². The number of methoxy groups -OCH3 is 1. The number of nitrogens with one attached hydrogen (secondary N) is 2. The maximum Gasteiger partial charge on any atom is 0.325 e. The summed E-state index contributed by atoms with van der Waals surface area (Å²) < 4.78 is 10.5. The van der Waals surface area contributed by atoms with Crippen molar-refractivity contribution in [1.29, 1.82) is 0 Å². The van der Waals surface area contributed by atoms with Crippen molar-refractivity contribution in [3.05, 3.63) is 27.7 Å². The number of carbonyl (C=O) groups is 3. The molecule has 0 spiro atoms. The normalized spacial score (nSPS) is 14.8. The van der Waals surface area contributed by atoms with Crippen LogP contribution in [-0.2, 0) is 23.9 Å². The first kappa shape index (κ1) is 30.7. The van der Waals surface area contributed by atoms with Gasteiger partial charge in [-0.25, -0.2) is 0 Å². The van der Waals surface area contributed by atoms with E-state index in [9.17, 15) is 19.5 Å². The van der Waals surface area contributed by atoms with E-state index in [0.29, 0.717) is 5.02 Å². The molecule has 0 saturated carbocycles. The third kappa shape index (κ3) is 10.0. The number of amides is 2. The molecule has 11 heteroatoms. The average Bonchev–Trinajstić information content (AvgIpc) is 2.70. The third-order valence-corrected chi connectivity index (χ3v) is 5.22. The van der Waals surface area contributed by atoms with E-state index in [1.807, 2.05) is 20.8 Å². The molecule has 2 amide bonds. The van der Waals surface area contributed by atoms with Gasteiger partial charge in [-0.1, -0.05) is 44.0 Å². The first-order valence-corrected chi connectivity index (χ1v) is 11.8. The number of hydrogen-bond donors (Lipinski definition) is 3. The maximum absolute atomic E-state index is 13.3. The second-order valence-electron chi connectivity index (χ2n) is 10.1. The van der Waals surface area contributed by atoms with Gasteiger partial charge in [-0.2, -0.15) is 0 Å². The van der Waals surface area contributed by atoms with E-state index in [4.69, 9.17) is 27.9 Å². The molecular formula is C24H35Cl2N3O6. The van der Waals surface area contributed by atoms with E-state index >= 15 is 0 Å². The number of nitrogens with zero attached hydrogens (tertiary/aromatic N) is 1. The zero-order chi connectivity index (χ0) is 27.1. The Hall–Kier alpha value is -2.36. The van der Waals surface area contributed by atoms with Crippen LogP contribution in [0.2, 0.25) is 10.0 Å². The molecule has 0 unspecified atom stereocenters. The summed E-state index contributed by atoms with van der Waals surface area (Å²) in [5.74, 6) is -2.02. The van der Waals surface area contributed by atoms with E-state index in [1.54, 1.807) is 27.7 Å². The van der Waals surface area contributed by atoms with Crippen molar-refractivity contribution >= 4 is 47.2 Å². The second kappa shape index (κ2) is 12.6. The summed E-state index contributed by atoms with van der Waals surface area (Å²) in [4.78, 5) is 42.1. The fourth-order valence-electron chi connectivity index (χ4n) is 3.12. The summed E-state index contributed by atoms with van der Waals surface area (Å²) in [5, 5.41) is 15.7. The SMILES string of the molecule is COC(=O)CNC(=O)[C@@H](NC(=O)[C@@H](N=Cc1cc(Cl)cc(Cl)c1O)C(C)(C)C)[C@@H](C)OC(C)(C)C. The lowest BCUT2D eigenvalue weighted by Crippen LogP contribution is -2.57. The largest absolute Gasteiger partial charge is 0.506 e. The van der Waals surface area contributed by atoms with E-state index in [2.05, 4.69) is 20.4 Å². The van der Waals surface area contributed by atoms with Crippen LogP contribution in [-0.4, -0.2) is 66.5 Å². The van der Waals surface area contributed by atoms with Crippen LogP contribution in [0.1, 0.15) is 54.0 Å². The smallest absolute Gasteiger partial charge is 0.325 e. The maximum atomic E-state index is 13.3. The van der Waals surface area contributed by atoms with Gasteiger partial charge in [0.25, 0.3) is 0 Å². The molecule has 0 aromatic heterocycles. The average molecular weight is 532 g/mol. The van der Waals surface area contributed by atoms with Gasteiger partial charge in [0.1, 0.15) is 24.4 Å². The molecule has 196 valence electrons. The number of ether oxygens (including phenoxy) is 2. The molecule has 1 aromatic carbocycles. The number of halogens is 2. The number of esters is 1. The molecule has 3 atom stereocenters. The Balaban J connectivity index is 3.25. The highest BCUT2D eigenvalue weighted by atomic mass is 35.5. The summed E-state index contributed by atoms with van der Waals surface area (Å²) >= 11 is 12.0. The lowest BCUT2D eigenvalue weighted by Gasteiger charge is -2.33.